The molecule has 2 aliphatic carbocycles. The van der Waals surface area contributed by atoms with Crippen LogP contribution in [0.4, 0.5) is 0 Å². The van der Waals surface area contributed by atoms with Crippen molar-refractivity contribution >= 4 is 0 Å². The summed E-state index contributed by atoms with van der Waals surface area (Å²) < 4.78 is 5.28. The molecule has 0 saturated heterocycles. The lowest BCUT2D eigenvalue weighted by Gasteiger charge is -2.21. The van der Waals surface area contributed by atoms with Gasteiger partial charge in [-0.3, -0.25) is 0 Å². The predicted molar refractivity (Wildman–Crippen MR) is 68.5 cm³/mol. The molecule has 1 heterocycles. The van der Waals surface area contributed by atoms with E-state index in [-0.39, 0.29) is 0 Å². The van der Waals surface area contributed by atoms with E-state index in [0.717, 1.165) is 30.4 Å². The zero-order chi connectivity index (χ0) is 13.1. The Morgan fingerprint density at radius 1 is 1.22 bits per heavy atom. The van der Waals surface area contributed by atoms with Gasteiger partial charge in [0.05, 0.1) is 25.6 Å². The van der Waals surface area contributed by atoms with Crippen LogP contribution in [-0.4, -0.2) is 29.2 Å². The number of fused-ring (bicyclic) bond motifs is 1. The van der Waals surface area contributed by atoms with Gasteiger partial charge in [-0.2, -0.15) is 0 Å². The molecule has 3 rings (SSSR count). The summed E-state index contributed by atoms with van der Waals surface area (Å²) in [5.74, 6) is 2.20. The van der Waals surface area contributed by atoms with Crippen molar-refractivity contribution in [3.8, 4) is 0 Å². The summed E-state index contributed by atoms with van der Waals surface area (Å²) in [4.78, 5) is 0. The molecule has 2 N–H and O–H groups in total. The molecule has 1 aliphatic heterocycles. The minimum Gasteiger partial charge on any atom is -0.388 e. The summed E-state index contributed by atoms with van der Waals surface area (Å²) in [6.45, 7) is 7.15. The molecule has 1 fully saturated rings. The lowest BCUT2D eigenvalue weighted by molar-refractivity contribution is -0.0503. The Hall–Kier alpha value is -0.510. The van der Waals surface area contributed by atoms with Crippen molar-refractivity contribution in [1.29, 1.82) is 0 Å². The maximum Gasteiger partial charge on any atom is 0.182 e. The molecule has 3 aliphatic rings. The van der Waals surface area contributed by atoms with Crippen LogP contribution in [0.25, 0.3) is 0 Å². The van der Waals surface area contributed by atoms with Gasteiger partial charge in [-0.05, 0) is 23.8 Å². The lowest BCUT2D eigenvalue weighted by Crippen LogP contribution is -2.27. The minimum absolute atomic E-state index is 0.307. The van der Waals surface area contributed by atoms with Crippen LogP contribution in [0.1, 0.15) is 40.0 Å². The highest BCUT2D eigenvalue weighted by Gasteiger charge is 2.54. The van der Waals surface area contributed by atoms with Crippen molar-refractivity contribution in [3.05, 3.63) is 17.1 Å². The summed E-state index contributed by atoms with van der Waals surface area (Å²) in [5, 5.41) is 20.5. The fraction of sp³-hybridized carbons (Fsp3) is 0.800. The summed E-state index contributed by atoms with van der Waals surface area (Å²) in [7, 11) is 0. The molecule has 0 unspecified atom stereocenters. The van der Waals surface area contributed by atoms with E-state index in [0.29, 0.717) is 23.9 Å². The monoisotopic (exact) mass is 251 g/mol. The number of hydrogen-bond donors (Lipinski definition) is 2. The van der Waals surface area contributed by atoms with E-state index >= 15 is 0 Å². The van der Waals surface area contributed by atoms with Crippen molar-refractivity contribution in [2.45, 2.75) is 52.4 Å². The zero-order valence-corrected chi connectivity index (χ0v) is 11.4. The zero-order valence-electron chi connectivity index (χ0n) is 11.4. The van der Waals surface area contributed by atoms with Crippen molar-refractivity contribution in [1.82, 2.24) is 0 Å². The second kappa shape index (κ2) is 3.99. The molecule has 0 radical (unpaired) electrons. The Balaban J connectivity index is 1.95. The van der Waals surface area contributed by atoms with Gasteiger partial charge >= 0.3 is 0 Å². The fourth-order valence-electron chi connectivity index (χ4n) is 4.17. The van der Waals surface area contributed by atoms with E-state index in [9.17, 15) is 10.2 Å². The predicted octanol–water partition coefficient (Wildman–Crippen LogP) is 2.04. The normalized spacial score (nSPS) is 42.8. The molecule has 0 aromatic heterocycles. The third-order valence-corrected chi connectivity index (χ3v) is 5.05. The van der Waals surface area contributed by atoms with Crippen LogP contribution in [0.3, 0.4) is 0 Å². The van der Waals surface area contributed by atoms with Gasteiger partial charge in [0.25, 0.3) is 0 Å². The average Bonchev–Trinajstić information content (AvgIpc) is 2.77. The number of aliphatic hydroxyl groups excluding tert-OH is 2. The third-order valence-electron chi connectivity index (χ3n) is 5.05. The van der Waals surface area contributed by atoms with Gasteiger partial charge in [-0.15, -0.1) is 0 Å². The summed E-state index contributed by atoms with van der Waals surface area (Å²) in [6, 6.07) is 0. The van der Waals surface area contributed by atoms with Crippen LogP contribution in [0.5, 0.6) is 0 Å². The van der Waals surface area contributed by atoms with Crippen molar-refractivity contribution in [3.63, 3.8) is 0 Å². The van der Waals surface area contributed by atoms with Gasteiger partial charge in [0, 0.05) is 11.5 Å². The molecule has 4 atom stereocenters. The quantitative estimate of drug-likeness (QED) is 0.511. The van der Waals surface area contributed by atoms with Gasteiger partial charge < -0.3 is 14.9 Å². The Bertz CT molecular complexity index is 385. The van der Waals surface area contributed by atoms with Crippen LogP contribution in [-0.2, 0) is 4.74 Å². The second-order valence-electron chi connectivity index (χ2n) is 7.02. The molecule has 100 valence electrons. The minimum atomic E-state index is -0.795. The number of rotatable bonds is 0. The van der Waals surface area contributed by atoms with Gasteiger partial charge in [0.15, 0.2) is 6.29 Å². The number of aliphatic hydroxyl groups is 2. The maximum atomic E-state index is 10.6. The largest absolute Gasteiger partial charge is 0.388 e. The fourth-order valence-corrected chi connectivity index (χ4v) is 4.17. The summed E-state index contributed by atoms with van der Waals surface area (Å²) >= 11 is 0. The molecule has 1 saturated carbocycles. The second-order valence-corrected chi connectivity index (χ2v) is 7.02. The molecule has 3 heteroatoms. The van der Waals surface area contributed by atoms with Crippen molar-refractivity contribution in [2.75, 3.05) is 6.61 Å². The molecule has 0 bridgehead atoms. The molecule has 3 nitrogen and oxygen atoms in total. The molecule has 0 spiro atoms. The number of ether oxygens (including phenoxy) is 1. The van der Waals surface area contributed by atoms with Crippen molar-refractivity contribution in [2.24, 2.45) is 17.3 Å². The summed E-state index contributed by atoms with van der Waals surface area (Å²) in [6.07, 6.45) is 1.78. The highest BCUT2D eigenvalue weighted by molar-refractivity contribution is 5.32. The molecule has 0 aromatic carbocycles. The summed E-state index contributed by atoms with van der Waals surface area (Å²) in [5.41, 5.74) is 2.19. The highest BCUT2D eigenvalue weighted by atomic mass is 16.6. The molecular weight excluding hydrogens is 228 g/mol. The SMILES string of the molecule is C[C+]1CC2=C(CO[C@H]2O)[C@@H](O)[C@@H]2CC(C)(C)C[C@H]12. The van der Waals surface area contributed by atoms with Crippen molar-refractivity contribution < 1.29 is 14.9 Å². The van der Waals surface area contributed by atoms with Crippen LogP contribution in [0.15, 0.2) is 11.1 Å². The highest BCUT2D eigenvalue weighted by Crippen LogP contribution is 2.54. The van der Waals surface area contributed by atoms with Crippen LogP contribution in [0, 0.1) is 23.2 Å². The van der Waals surface area contributed by atoms with E-state index in [1.54, 1.807) is 0 Å². The third kappa shape index (κ3) is 1.80. The van der Waals surface area contributed by atoms with Crippen LogP contribution >= 0.6 is 0 Å². The van der Waals surface area contributed by atoms with Crippen LogP contribution < -0.4 is 0 Å². The lowest BCUT2D eigenvalue weighted by atomic mass is 9.81. The Morgan fingerprint density at radius 2 is 1.94 bits per heavy atom. The molecular formula is C15H23O3+. The van der Waals surface area contributed by atoms with Crippen LogP contribution in [0.2, 0.25) is 0 Å². The Kier molecular flexibility index (Phi) is 2.78. The molecule has 18 heavy (non-hydrogen) atoms. The van der Waals surface area contributed by atoms with Gasteiger partial charge in [0.1, 0.15) is 12.3 Å². The first-order valence-electron chi connectivity index (χ1n) is 6.91. The van der Waals surface area contributed by atoms with E-state index < -0.39 is 12.4 Å². The average molecular weight is 251 g/mol. The molecule has 0 amide bonds. The first-order chi connectivity index (χ1) is 8.39. The van der Waals surface area contributed by atoms with E-state index in [1.807, 2.05) is 0 Å². The van der Waals surface area contributed by atoms with E-state index in [2.05, 4.69) is 20.8 Å². The topological polar surface area (TPSA) is 49.7 Å². The van der Waals surface area contributed by atoms with E-state index in [4.69, 9.17) is 4.74 Å². The van der Waals surface area contributed by atoms with Gasteiger partial charge in [-0.1, -0.05) is 13.8 Å². The molecule has 0 aromatic rings. The Morgan fingerprint density at radius 3 is 2.67 bits per heavy atom. The standard InChI is InChI=1S/C15H23O3/c1-8-4-9-12(7-18-14(9)17)13(16)11-6-15(2,3)5-10(8)11/h10-11,13-14,16-17H,4-7H2,1-3H3/q+1/t10-,11-,13+,14-/m1/s1. The maximum absolute atomic E-state index is 10.6. The first kappa shape index (κ1) is 12.5. The first-order valence-corrected chi connectivity index (χ1v) is 6.91. The van der Waals surface area contributed by atoms with Gasteiger partial charge in [-0.25, -0.2) is 0 Å². The smallest absolute Gasteiger partial charge is 0.182 e. The van der Waals surface area contributed by atoms with Gasteiger partial charge in [0.2, 0.25) is 0 Å². The van der Waals surface area contributed by atoms with E-state index in [1.165, 1.54) is 5.92 Å². The Labute approximate surface area is 109 Å². The number of hydrogen-bond acceptors (Lipinski definition) is 3.